The summed E-state index contributed by atoms with van der Waals surface area (Å²) in [5.41, 5.74) is 4.94. The van der Waals surface area contributed by atoms with Crippen molar-refractivity contribution in [3.63, 3.8) is 0 Å². The van der Waals surface area contributed by atoms with E-state index in [9.17, 15) is 0 Å². The third kappa shape index (κ3) is 11.1. The van der Waals surface area contributed by atoms with Gasteiger partial charge in [0.1, 0.15) is 0 Å². The van der Waals surface area contributed by atoms with Crippen LogP contribution in [0.5, 0.6) is 0 Å². The highest BCUT2D eigenvalue weighted by Crippen LogP contribution is 2.10. The van der Waals surface area contributed by atoms with Gasteiger partial charge in [0.2, 0.25) is 0 Å². The van der Waals surface area contributed by atoms with Crippen molar-refractivity contribution in [2.45, 2.75) is 47.0 Å². The molecule has 1 aromatic heterocycles. The Balaban J connectivity index is 0.000000585. The third-order valence-corrected chi connectivity index (χ3v) is 3.38. The van der Waals surface area contributed by atoms with Gasteiger partial charge in [0.25, 0.3) is 0 Å². The van der Waals surface area contributed by atoms with Gasteiger partial charge in [-0.2, -0.15) is 0 Å². The molecule has 1 aromatic rings. The van der Waals surface area contributed by atoms with Crippen LogP contribution in [-0.4, -0.2) is 4.98 Å². The summed E-state index contributed by atoms with van der Waals surface area (Å²) in [6.45, 7) is 15.6. The number of aromatic nitrogens is 1. The van der Waals surface area contributed by atoms with E-state index in [0.29, 0.717) is 0 Å². The molecule has 0 amide bonds. The average molecular weight is 309 g/mol. The lowest BCUT2D eigenvalue weighted by Gasteiger charge is -2.02. The second-order valence-electron chi connectivity index (χ2n) is 5.38. The lowest BCUT2D eigenvalue weighted by atomic mass is 10.0. The molecule has 0 aliphatic rings. The van der Waals surface area contributed by atoms with Crippen LogP contribution in [0.3, 0.4) is 0 Å². The van der Waals surface area contributed by atoms with E-state index in [1.54, 1.807) is 0 Å². The van der Waals surface area contributed by atoms with Crippen molar-refractivity contribution >= 4 is 0 Å². The molecule has 0 spiro atoms. The van der Waals surface area contributed by atoms with Crippen molar-refractivity contribution in [3.05, 3.63) is 90.3 Å². The van der Waals surface area contributed by atoms with Crippen LogP contribution < -0.4 is 0 Å². The third-order valence-electron chi connectivity index (χ3n) is 3.38. The van der Waals surface area contributed by atoms with Gasteiger partial charge in [0.05, 0.1) is 0 Å². The number of hydrogen-bond donors (Lipinski definition) is 0. The molecular weight excluding hydrogens is 278 g/mol. The highest BCUT2D eigenvalue weighted by molar-refractivity contribution is 5.21. The fourth-order valence-corrected chi connectivity index (χ4v) is 1.91. The number of nitrogens with zero attached hydrogens (tertiary/aromatic N) is 1. The SMILES string of the molecule is C/C=C\C(C)=C/C.C=C/C=C(\C=C)CCCc1ccc(C)nc1. The summed E-state index contributed by atoms with van der Waals surface area (Å²) in [6.07, 6.45) is 17.1. The first-order valence-corrected chi connectivity index (χ1v) is 8.18. The zero-order chi connectivity index (χ0) is 17.5. The summed E-state index contributed by atoms with van der Waals surface area (Å²) in [6, 6.07) is 4.20. The minimum Gasteiger partial charge on any atom is -0.261 e. The molecule has 0 saturated heterocycles. The molecule has 124 valence electrons. The van der Waals surface area contributed by atoms with Crippen LogP contribution in [0, 0.1) is 6.92 Å². The molecule has 0 aliphatic carbocycles. The topological polar surface area (TPSA) is 12.9 Å². The van der Waals surface area contributed by atoms with Crippen molar-refractivity contribution in [3.8, 4) is 0 Å². The lowest BCUT2D eigenvalue weighted by Crippen LogP contribution is -1.89. The molecule has 0 saturated carbocycles. The molecule has 23 heavy (non-hydrogen) atoms. The van der Waals surface area contributed by atoms with E-state index < -0.39 is 0 Å². The number of rotatable bonds is 7. The van der Waals surface area contributed by atoms with Crippen molar-refractivity contribution in [1.29, 1.82) is 0 Å². The van der Waals surface area contributed by atoms with Crippen LogP contribution in [0.25, 0.3) is 0 Å². The van der Waals surface area contributed by atoms with E-state index in [0.717, 1.165) is 25.0 Å². The molecule has 0 bridgehead atoms. The Morgan fingerprint density at radius 3 is 2.39 bits per heavy atom. The van der Waals surface area contributed by atoms with E-state index in [1.165, 1.54) is 16.7 Å². The molecule has 0 N–H and O–H groups in total. The number of allylic oxidation sites excluding steroid dienone is 8. The molecule has 1 heteroatoms. The van der Waals surface area contributed by atoms with Crippen molar-refractivity contribution < 1.29 is 0 Å². The summed E-state index contributed by atoms with van der Waals surface area (Å²) < 4.78 is 0. The van der Waals surface area contributed by atoms with Gasteiger partial charge in [-0.25, -0.2) is 0 Å². The Hall–Kier alpha value is -2.15. The lowest BCUT2D eigenvalue weighted by molar-refractivity contribution is 0.819. The van der Waals surface area contributed by atoms with Crippen molar-refractivity contribution in [1.82, 2.24) is 4.98 Å². The Morgan fingerprint density at radius 2 is 1.96 bits per heavy atom. The summed E-state index contributed by atoms with van der Waals surface area (Å²) in [4.78, 5) is 4.28. The number of aryl methyl sites for hydroxylation is 2. The normalized spacial score (nSPS) is 11.8. The fourth-order valence-electron chi connectivity index (χ4n) is 1.91. The summed E-state index contributed by atoms with van der Waals surface area (Å²) in [5.74, 6) is 0. The predicted octanol–water partition coefficient (Wildman–Crippen LogP) is 6.54. The van der Waals surface area contributed by atoms with E-state index in [-0.39, 0.29) is 0 Å². The van der Waals surface area contributed by atoms with Crippen LogP contribution in [0.1, 0.15) is 44.9 Å². The quantitative estimate of drug-likeness (QED) is 0.521. The first-order valence-electron chi connectivity index (χ1n) is 8.18. The summed E-state index contributed by atoms with van der Waals surface area (Å²) >= 11 is 0. The second kappa shape index (κ2) is 13.5. The van der Waals surface area contributed by atoms with Gasteiger partial charge in [-0.15, -0.1) is 0 Å². The average Bonchev–Trinajstić information content (AvgIpc) is 2.56. The summed E-state index contributed by atoms with van der Waals surface area (Å²) in [7, 11) is 0. The second-order valence-corrected chi connectivity index (χ2v) is 5.38. The van der Waals surface area contributed by atoms with E-state index >= 15 is 0 Å². The van der Waals surface area contributed by atoms with Gasteiger partial charge in [0.15, 0.2) is 0 Å². The maximum Gasteiger partial charge on any atom is 0.0372 e. The monoisotopic (exact) mass is 309 g/mol. The van der Waals surface area contributed by atoms with Crippen LogP contribution >= 0.6 is 0 Å². The largest absolute Gasteiger partial charge is 0.261 e. The molecule has 1 heterocycles. The Bertz CT molecular complexity index is 542. The molecule has 0 unspecified atom stereocenters. The Kier molecular flexibility index (Phi) is 12.2. The van der Waals surface area contributed by atoms with Crippen LogP contribution in [-0.2, 0) is 6.42 Å². The van der Waals surface area contributed by atoms with Gasteiger partial charge in [-0.3, -0.25) is 4.98 Å². The minimum atomic E-state index is 1.05. The fraction of sp³-hybridized carbons (Fsp3) is 0.318. The van der Waals surface area contributed by atoms with Crippen LogP contribution in [0.15, 0.2) is 79.1 Å². The minimum absolute atomic E-state index is 1.05. The van der Waals surface area contributed by atoms with Gasteiger partial charge in [-0.05, 0) is 64.2 Å². The van der Waals surface area contributed by atoms with Gasteiger partial charge >= 0.3 is 0 Å². The van der Waals surface area contributed by atoms with E-state index in [4.69, 9.17) is 0 Å². The number of hydrogen-bond acceptors (Lipinski definition) is 1. The van der Waals surface area contributed by atoms with E-state index in [2.05, 4.69) is 49.4 Å². The zero-order valence-electron chi connectivity index (χ0n) is 15.2. The molecule has 0 fully saturated rings. The molecule has 0 atom stereocenters. The highest BCUT2D eigenvalue weighted by atomic mass is 14.6. The molecule has 1 nitrogen and oxygen atoms in total. The van der Waals surface area contributed by atoms with E-state index in [1.807, 2.05) is 51.3 Å². The van der Waals surface area contributed by atoms with Gasteiger partial charge in [0, 0.05) is 11.9 Å². The Morgan fingerprint density at radius 1 is 1.22 bits per heavy atom. The maximum absolute atomic E-state index is 4.28. The van der Waals surface area contributed by atoms with Gasteiger partial charge in [-0.1, -0.05) is 61.3 Å². The Labute approximate surface area is 142 Å². The molecule has 0 aromatic carbocycles. The molecule has 0 aliphatic heterocycles. The van der Waals surface area contributed by atoms with Crippen molar-refractivity contribution in [2.24, 2.45) is 0 Å². The zero-order valence-corrected chi connectivity index (χ0v) is 15.2. The first kappa shape index (κ1) is 20.9. The van der Waals surface area contributed by atoms with Crippen molar-refractivity contribution in [2.75, 3.05) is 0 Å². The van der Waals surface area contributed by atoms with Crippen LogP contribution in [0.4, 0.5) is 0 Å². The molecule has 1 rings (SSSR count). The number of pyridine rings is 1. The highest BCUT2D eigenvalue weighted by Gasteiger charge is 1.95. The van der Waals surface area contributed by atoms with Crippen LogP contribution in [0.2, 0.25) is 0 Å². The smallest absolute Gasteiger partial charge is 0.0372 e. The van der Waals surface area contributed by atoms with Gasteiger partial charge < -0.3 is 0 Å². The predicted molar refractivity (Wildman–Crippen MR) is 105 cm³/mol. The standard InChI is InChI=1S/C15H19N.C7H12/c1-4-7-14(5-2)8-6-9-15-11-10-13(3)16-12-15;1-4-6-7(3)5-2/h4-5,7,10-12H,1-2,6,8-9H2,3H3;4-6H,1-3H3/b14-7+;6-4-,7-5-. The first-order chi connectivity index (χ1) is 11.1. The molecule has 0 radical (unpaired) electrons. The summed E-state index contributed by atoms with van der Waals surface area (Å²) in [5, 5.41) is 0. The molecular formula is C22H31N. The maximum atomic E-state index is 4.28.